The molecule has 1 amide bonds. The minimum atomic E-state index is -0.348. The third-order valence-electron chi connectivity index (χ3n) is 4.44. The molecule has 0 N–H and O–H groups in total. The van der Waals surface area contributed by atoms with Crippen LogP contribution in [0.1, 0.15) is 16.8 Å². The van der Waals surface area contributed by atoms with Gasteiger partial charge < -0.3 is 18.9 Å². The van der Waals surface area contributed by atoms with Gasteiger partial charge in [-0.3, -0.25) is 4.79 Å². The van der Waals surface area contributed by atoms with Crippen LogP contribution in [0, 0.1) is 0 Å². The molecule has 0 fully saturated rings. The average molecular weight is 451 g/mol. The van der Waals surface area contributed by atoms with Crippen molar-refractivity contribution in [3.05, 3.63) is 51.4 Å². The van der Waals surface area contributed by atoms with Crippen LogP contribution in [-0.4, -0.2) is 45.0 Å². The van der Waals surface area contributed by atoms with Gasteiger partial charge in [-0.1, -0.05) is 35.5 Å². The Morgan fingerprint density at radius 1 is 1.31 bits per heavy atom. The number of nitrogens with zero attached hydrogens (tertiary/aromatic N) is 4. The zero-order chi connectivity index (χ0) is 20.4. The van der Waals surface area contributed by atoms with Crippen molar-refractivity contribution in [3.8, 4) is 11.5 Å². The number of hydrogen-bond acceptors (Lipinski definition) is 7. The number of carbonyl (C=O) groups is 1. The summed E-state index contributed by atoms with van der Waals surface area (Å²) in [6.45, 7) is 0.895. The SMILES string of the molecule is CN(Cc1ccc(Cl)s1)C(=O)CSc1nnc(C2COc3ccccc3O2)n1C. The van der Waals surface area contributed by atoms with Gasteiger partial charge in [0.2, 0.25) is 5.91 Å². The molecule has 0 bridgehead atoms. The molecule has 29 heavy (non-hydrogen) atoms. The number of carbonyl (C=O) groups excluding carboxylic acids is 1. The summed E-state index contributed by atoms with van der Waals surface area (Å²) in [6.07, 6.45) is -0.348. The van der Waals surface area contributed by atoms with Crippen LogP contribution in [-0.2, 0) is 18.4 Å². The van der Waals surface area contributed by atoms with Gasteiger partial charge in [0.1, 0.15) is 6.61 Å². The van der Waals surface area contributed by atoms with E-state index in [0.29, 0.717) is 29.9 Å². The van der Waals surface area contributed by atoms with Gasteiger partial charge in [0.15, 0.2) is 28.6 Å². The fourth-order valence-corrected chi connectivity index (χ4v) is 4.87. The molecule has 2 aromatic heterocycles. The molecule has 7 nitrogen and oxygen atoms in total. The van der Waals surface area contributed by atoms with Crippen molar-refractivity contribution in [2.24, 2.45) is 7.05 Å². The summed E-state index contributed by atoms with van der Waals surface area (Å²) in [6, 6.07) is 11.3. The number of thiophene rings is 1. The van der Waals surface area contributed by atoms with E-state index < -0.39 is 0 Å². The van der Waals surface area contributed by atoms with Crippen molar-refractivity contribution >= 4 is 40.6 Å². The number of aromatic nitrogens is 3. The zero-order valence-corrected chi connectivity index (χ0v) is 18.3. The van der Waals surface area contributed by atoms with E-state index in [-0.39, 0.29) is 17.8 Å². The van der Waals surface area contributed by atoms with E-state index in [4.69, 9.17) is 21.1 Å². The lowest BCUT2D eigenvalue weighted by Crippen LogP contribution is -2.27. The highest BCUT2D eigenvalue weighted by atomic mass is 35.5. The van der Waals surface area contributed by atoms with Crippen LogP contribution in [0.15, 0.2) is 41.6 Å². The van der Waals surface area contributed by atoms with E-state index in [1.54, 1.807) is 11.9 Å². The van der Waals surface area contributed by atoms with Crippen LogP contribution in [0.3, 0.4) is 0 Å². The highest BCUT2D eigenvalue weighted by Gasteiger charge is 2.27. The topological polar surface area (TPSA) is 69.5 Å². The second kappa shape index (κ2) is 8.64. The summed E-state index contributed by atoms with van der Waals surface area (Å²) in [7, 11) is 3.65. The molecule has 3 aromatic rings. The van der Waals surface area contributed by atoms with Gasteiger partial charge in [-0.05, 0) is 24.3 Å². The van der Waals surface area contributed by atoms with Crippen LogP contribution < -0.4 is 9.47 Å². The summed E-state index contributed by atoms with van der Waals surface area (Å²) in [5.41, 5.74) is 0. The molecule has 152 valence electrons. The van der Waals surface area contributed by atoms with E-state index in [9.17, 15) is 4.79 Å². The van der Waals surface area contributed by atoms with Crippen LogP contribution in [0.5, 0.6) is 11.5 Å². The maximum atomic E-state index is 12.5. The molecule has 0 aliphatic carbocycles. The van der Waals surface area contributed by atoms with E-state index in [1.807, 2.05) is 48.0 Å². The number of halogens is 1. The number of benzene rings is 1. The zero-order valence-electron chi connectivity index (χ0n) is 15.9. The van der Waals surface area contributed by atoms with Gasteiger partial charge in [0.05, 0.1) is 16.6 Å². The molecule has 3 heterocycles. The Morgan fingerprint density at radius 3 is 2.86 bits per heavy atom. The van der Waals surface area contributed by atoms with Gasteiger partial charge in [-0.2, -0.15) is 0 Å². The smallest absolute Gasteiger partial charge is 0.233 e. The summed E-state index contributed by atoms with van der Waals surface area (Å²) >= 11 is 8.78. The second-order valence-electron chi connectivity index (χ2n) is 6.51. The fraction of sp³-hybridized carbons (Fsp3) is 0.316. The third-order valence-corrected chi connectivity index (χ3v) is 6.66. The standard InChI is InChI=1S/C19H19ClN4O3S2/c1-23(9-12-7-8-16(20)29-12)17(25)11-28-19-22-21-18(24(19)2)15-10-26-13-5-3-4-6-14(13)27-15/h3-8,15H,9-11H2,1-2H3. The summed E-state index contributed by atoms with van der Waals surface area (Å²) in [4.78, 5) is 15.2. The van der Waals surface area contributed by atoms with Crippen molar-refractivity contribution in [1.82, 2.24) is 19.7 Å². The van der Waals surface area contributed by atoms with Crippen molar-refractivity contribution in [3.63, 3.8) is 0 Å². The van der Waals surface area contributed by atoms with Gasteiger partial charge in [0, 0.05) is 19.0 Å². The quantitative estimate of drug-likeness (QED) is 0.532. The monoisotopic (exact) mass is 450 g/mol. The number of rotatable bonds is 6. The molecule has 0 saturated carbocycles. The number of hydrogen-bond donors (Lipinski definition) is 0. The van der Waals surface area contributed by atoms with Crippen LogP contribution in [0.2, 0.25) is 4.34 Å². The molecule has 1 aromatic carbocycles. The predicted octanol–water partition coefficient (Wildman–Crippen LogP) is 3.79. The van der Waals surface area contributed by atoms with Gasteiger partial charge >= 0.3 is 0 Å². The average Bonchev–Trinajstić information content (AvgIpc) is 3.30. The van der Waals surface area contributed by atoms with E-state index in [0.717, 1.165) is 15.0 Å². The van der Waals surface area contributed by atoms with Gasteiger partial charge in [0.25, 0.3) is 0 Å². The Morgan fingerprint density at radius 2 is 2.10 bits per heavy atom. The Bertz CT molecular complexity index is 1020. The molecule has 0 spiro atoms. The van der Waals surface area contributed by atoms with Crippen molar-refractivity contribution in [2.45, 2.75) is 17.8 Å². The minimum Gasteiger partial charge on any atom is -0.485 e. The molecule has 1 unspecified atom stereocenters. The number of amides is 1. The Hall–Kier alpha value is -2.23. The molecule has 0 saturated heterocycles. The molecule has 10 heteroatoms. The number of para-hydroxylation sites is 2. The molecular formula is C19H19ClN4O3S2. The van der Waals surface area contributed by atoms with Crippen molar-refractivity contribution in [1.29, 1.82) is 0 Å². The van der Waals surface area contributed by atoms with Crippen LogP contribution in [0.4, 0.5) is 0 Å². The van der Waals surface area contributed by atoms with Crippen LogP contribution in [0.25, 0.3) is 0 Å². The first-order valence-electron chi connectivity index (χ1n) is 8.90. The first kappa shape index (κ1) is 20.1. The second-order valence-corrected chi connectivity index (χ2v) is 9.25. The minimum absolute atomic E-state index is 0.00949. The molecule has 1 aliphatic rings. The predicted molar refractivity (Wildman–Crippen MR) is 113 cm³/mol. The first-order valence-corrected chi connectivity index (χ1v) is 11.1. The normalized spacial score (nSPS) is 15.3. The van der Waals surface area contributed by atoms with E-state index in [1.165, 1.54) is 23.1 Å². The molecule has 1 atom stereocenters. The lowest BCUT2D eigenvalue weighted by Gasteiger charge is -2.25. The van der Waals surface area contributed by atoms with Gasteiger partial charge in [-0.25, -0.2) is 0 Å². The fourth-order valence-electron chi connectivity index (χ4n) is 2.87. The largest absolute Gasteiger partial charge is 0.485 e. The molecule has 4 rings (SSSR count). The molecular weight excluding hydrogens is 432 g/mol. The maximum absolute atomic E-state index is 12.5. The van der Waals surface area contributed by atoms with Crippen molar-refractivity contribution < 1.29 is 14.3 Å². The number of thioether (sulfide) groups is 1. The third kappa shape index (κ3) is 4.52. The Balaban J connectivity index is 1.36. The lowest BCUT2D eigenvalue weighted by molar-refractivity contribution is -0.127. The van der Waals surface area contributed by atoms with E-state index in [2.05, 4.69) is 10.2 Å². The Labute approximate surface area is 181 Å². The van der Waals surface area contributed by atoms with Crippen LogP contribution >= 0.6 is 34.7 Å². The number of ether oxygens (including phenoxy) is 2. The lowest BCUT2D eigenvalue weighted by atomic mass is 10.2. The number of fused-ring (bicyclic) bond motifs is 1. The highest BCUT2D eigenvalue weighted by molar-refractivity contribution is 7.99. The van der Waals surface area contributed by atoms with Gasteiger partial charge in [-0.15, -0.1) is 21.5 Å². The maximum Gasteiger partial charge on any atom is 0.233 e. The summed E-state index contributed by atoms with van der Waals surface area (Å²) < 4.78 is 14.3. The summed E-state index contributed by atoms with van der Waals surface area (Å²) in [5.74, 6) is 2.35. The molecule has 0 radical (unpaired) electrons. The first-order chi connectivity index (χ1) is 14.0. The Kier molecular flexibility index (Phi) is 5.98. The highest BCUT2D eigenvalue weighted by Crippen LogP contribution is 2.35. The van der Waals surface area contributed by atoms with E-state index >= 15 is 0 Å². The molecule has 1 aliphatic heterocycles. The van der Waals surface area contributed by atoms with Crippen molar-refractivity contribution in [2.75, 3.05) is 19.4 Å². The summed E-state index contributed by atoms with van der Waals surface area (Å²) in [5, 5.41) is 9.13.